The number of rotatable bonds is 5. The lowest BCUT2D eigenvalue weighted by Crippen LogP contribution is -2.12. The highest BCUT2D eigenvalue weighted by atomic mass is 32.1. The molecule has 0 fully saturated rings. The maximum atomic E-state index is 12.3. The number of thiophene rings is 1. The molecule has 0 radical (unpaired) electrons. The Labute approximate surface area is 152 Å². The van der Waals surface area contributed by atoms with E-state index < -0.39 is 10.8 Å². The number of nitro groups is 1. The Hall–Kier alpha value is -2.32. The highest BCUT2D eigenvalue weighted by Gasteiger charge is 2.15. The van der Waals surface area contributed by atoms with E-state index in [0.717, 1.165) is 40.8 Å². The highest BCUT2D eigenvalue weighted by Crippen LogP contribution is 2.25. The fourth-order valence-corrected chi connectivity index (χ4v) is 4.29. The van der Waals surface area contributed by atoms with E-state index in [-0.39, 0.29) is 9.88 Å². The van der Waals surface area contributed by atoms with Crippen molar-refractivity contribution in [3.63, 3.8) is 0 Å². The average molecular weight is 375 g/mol. The zero-order valence-corrected chi connectivity index (χ0v) is 15.5. The van der Waals surface area contributed by atoms with E-state index in [2.05, 4.69) is 30.1 Å². The van der Waals surface area contributed by atoms with E-state index in [4.69, 9.17) is 0 Å². The SMILES string of the molecule is CCCCc1ccc2c(c1)sc(=NC(=O)c1ccc([N+](=O)[O-])s1)n2C. The predicted octanol–water partition coefficient (Wildman–Crippen LogP) is 4.29. The van der Waals surface area contributed by atoms with Crippen molar-refractivity contribution in [2.24, 2.45) is 12.0 Å². The van der Waals surface area contributed by atoms with Crippen molar-refractivity contribution < 1.29 is 9.72 Å². The second-order valence-corrected chi connectivity index (χ2v) is 7.73. The predicted molar refractivity (Wildman–Crippen MR) is 100 cm³/mol. The van der Waals surface area contributed by atoms with Crippen LogP contribution in [0.5, 0.6) is 0 Å². The van der Waals surface area contributed by atoms with Crippen molar-refractivity contribution in [2.75, 3.05) is 0 Å². The summed E-state index contributed by atoms with van der Waals surface area (Å²) in [5, 5.41) is 10.7. The molecule has 0 N–H and O–H groups in total. The molecule has 0 saturated heterocycles. The Morgan fingerprint density at radius 1 is 1.28 bits per heavy atom. The van der Waals surface area contributed by atoms with Crippen molar-refractivity contribution in [3.05, 3.63) is 55.7 Å². The van der Waals surface area contributed by atoms with Crippen LogP contribution in [0.4, 0.5) is 5.00 Å². The van der Waals surface area contributed by atoms with Crippen LogP contribution in [0.25, 0.3) is 10.2 Å². The van der Waals surface area contributed by atoms with Crippen molar-refractivity contribution in [2.45, 2.75) is 26.2 Å². The third kappa shape index (κ3) is 3.69. The molecule has 8 heteroatoms. The molecule has 1 aromatic carbocycles. The van der Waals surface area contributed by atoms with E-state index in [1.54, 1.807) is 0 Å². The molecule has 25 heavy (non-hydrogen) atoms. The van der Waals surface area contributed by atoms with Crippen LogP contribution in [-0.4, -0.2) is 15.4 Å². The Balaban J connectivity index is 1.96. The number of benzene rings is 1. The van der Waals surface area contributed by atoms with Crippen LogP contribution in [-0.2, 0) is 13.5 Å². The third-order valence-electron chi connectivity index (χ3n) is 3.87. The van der Waals surface area contributed by atoms with Gasteiger partial charge in [-0.2, -0.15) is 4.99 Å². The van der Waals surface area contributed by atoms with E-state index in [1.807, 2.05) is 11.6 Å². The van der Waals surface area contributed by atoms with Gasteiger partial charge < -0.3 is 4.57 Å². The standard InChI is InChI=1S/C17H17N3O3S2/c1-3-4-5-11-6-7-12-14(10-11)25-17(19(12)2)18-16(21)13-8-9-15(24-13)20(22)23/h6-10H,3-5H2,1-2H3. The summed E-state index contributed by atoms with van der Waals surface area (Å²) in [4.78, 5) is 27.6. The number of hydrogen-bond acceptors (Lipinski definition) is 5. The summed E-state index contributed by atoms with van der Waals surface area (Å²) in [6.45, 7) is 2.17. The Morgan fingerprint density at radius 2 is 2.08 bits per heavy atom. The number of amides is 1. The number of nitrogens with zero attached hydrogens (tertiary/aromatic N) is 3. The van der Waals surface area contributed by atoms with Gasteiger partial charge in [-0.3, -0.25) is 14.9 Å². The number of thiazole rings is 1. The van der Waals surface area contributed by atoms with Gasteiger partial charge in [0.1, 0.15) is 4.88 Å². The summed E-state index contributed by atoms with van der Waals surface area (Å²) in [7, 11) is 1.87. The van der Waals surface area contributed by atoms with Gasteiger partial charge in [0.05, 0.1) is 15.1 Å². The number of aryl methyl sites for hydroxylation is 2. The molecule has 3 rings (SSSR count). The molecule has 1 amide bonds. The van der Waals surface area contributed by atoms with Crippen LogP contribution < -0.4 is 4.80 Å². The summed E-state index contributed by atoms with van der Waals surface area (Å²) in [5.41, 5.74) is 2.30. The van der Waals surface area contributed by atoms with Crippen LogP contribution in [0, 0.1) is 10.1 Å². The van der Waals surface area contributed by atoms with E-state index in [9.17, 15) is 14.9 Å². The minimum Gasteiger partial charge on any atom is -0.319 e. The molecule has 0 aliphatic heterocycles. The molecular formula is C17H17N3O3S2. The summed E-state index contributed by atoms with van der Waals surface area (Å²) in [5.74, 6) is -0.452. The van der Waals surface area contributed by atoms with Gasteiger partial charge in [-0.05, 0) is 36.6 Å². The van der Waals surface area contributed by atoms with Gasteiger partial charge in [-0.1, -0.05) is 42.1 Å². The molecule has 0 bridgehead atoms. The van der Waals surface area contributed by atoms with E-state index in [1.165, 1.54) is 29.0 Å². The topological polar surface area (TPSA) is 77.5 Å². The molecule has 0 unspecified atom stereocenters. The fraction of sp³-hybridized carbons (Fsp3) is 0.294. The number of hydrogen-bond donors (Lipinski definition) is 0. The summed E-state index contributed by atoms with van der Waals surface area (Å²) >= 11 is 2.30. The molecule has 0 aliphatic rings. The molecule has 6 nitrogen and oxygen atoms in total. The van der Waals surface area contributed by atoms with Crippen LogP contribution in [0.2, 0.25) is 0 Å². The minimum absolute atomic E-state index is 0.0557. The molecule has 2 heterocycles. The van der Waals surface area contributed by atoms with Gasteiger partial charge in [0, 0.05) is 13.1 Å². The van der Waals surface area contributed by atoms with Crippen LogP contribution in [0.15, 0.2) is 35.3 Å². The normalized spacial score (nSPS) is 12.0. The summed E-state index contributed by atoms with van der Waals surface area (Å²) in [6.07, 6.45) is 3.34. The molecule has 3 aromatic rings. The molecule has 0 aliphatic carbocycles. The number of fused-ring (bicyclic) bond motifs is 1. The molecule has 0 saturated carbocycles. The molecule has 130 valence electrons. The quantitative estimate of drug-likeness (QED) is 0.493. The molecule has 2 aromatic heterocycles. The maximum absolute atomic E-state index is 12.3. The van der Waals surface area contributed by atoms with Gasteiger partial charge >= 0.3 is 5.00 Å². The second-order valence-electron chi connectivity index (χ2n) is 5.66. The van der Waals surface area contributed by atoms with Gasteiger partial charge in [0.25, 0.3) is 5.91 Å². The van der Waals surface area contributed by atoms with Crippen LogP contribution >= 0.6 is 22.7 Å². The van der Waals surface area contributed by atoms with Gasteiger partial charge in [-0.25, -0.2) is 0 Å². The Morgan fingerprint density at radius 3 is 2.76 bits per heavy atom. The van der Waals surface area contributed by atoms with Gasteiger partial charge in [0.2, 0.25) is 0 Å². The lowest BCUT2D eigenvalue weighted by atomic mass is 10.1. The van der Waals surface area contributed by atoms with E-state index >= 15 is 0 Å². The lowest BCUT2D eigenvalue weighted by Gasteiger charge is -2.00. The third-order valence-corrected chi connectivity index (χ3v) is 5.99. The van der Waals surface area contributed by atoms with Crippen LogP contribution in [0.1, 0.15) is 35.0 Å². The monoisotopic (exact) mass is 375 g/mol. The maximum Gasteiger partial charge on any atom is 0.324 e. The summed E-state index contributed by atoms with van der Waals surface area (Å²) in [6, 6.07) is 9.09. The highest BCUT2D eigenvalue weighted by molar-refractivity contribution is 7.17. The zero-order valence-electron chi connectivity index (χ0n) is 13.9. The second kappa shape index (κ2) is 7.28. The van der Waals surface area contributed by atoms with Gasteiger partial charge in [-0.15, -0.1) is 0 Å². The zero-order chi connectivity index (χ0) is 18.0. The van der Waals surface area contributed by atoms with E-state index in [0.29, 0.717) is 4.80 Å². The number of carbonyl (C=O) groups is 1. The number of carbonyl (C=O) groups excluding carboxylic acids is 1. The number of aromatic nitrogens is 1. The first-order valence-corrected chi connectivity index (χ1v) is 9.54. The minimum atomic E-state index is -0.501. The van der Waals surface area contributed by atoms with Crippen molar-refractivity contribution in [3.8, 4) is 0 Å². The molecular weight excluding hydrogens is 358 g/mol. The number of unbranched alkanes of at least 4 members (excludes halogenated alkanes) is 1. The first-order valence-electron chi connectivity index (χ1n) is 7.91. The summed E-state index contributed by atoms with van der Waals surface area (Å²) < 4.78 is 2.96. The Kier molecular flexibility index (Phi) is 5.10. The smallest absolute Gasteiger partial charge is 0.319 e. The van der Waals surface area contributed by atoms with Crippen molar-refractivity contribution in [1.29, 1.82) is 0 Å². The average Bonchev–Trinajstić information content (AvgIpc) is 3.19. The Bertz CT molecular complexity index is 1010. The fourth-order valence-electron chi connectivity index (χ4n) is 2.50. The molecule has 0 spiro atoms. The largest absolute Gasteiger partial charge is 0.324 e. The van der Waals surface area contributed by atoms with Crippen molar-refractivity contribution in [1.82, 2.24) is 4.57 Å². The van der Waals surface area contributed by atoms with Crippen molar-refractivity contribution >= 4 is 43.8 Å². The van der Waals surface area contributed by atoms with Gasteiger partial charge in [0.15, 0.2) is 4.80 Å². The first-order chi connectivity index (χ1) is 12.0. The first kappa shape index (κ1) is 17.5. The van der Waals surface area contributed by atoms with Crippen LogP contribution in [0.3, 0.4) is 0 Å². The lowest BCUT2D eigenvalue weighted by molar-refractivity contribution is -0.380. The molecule has 0 atom stereocenters.